The summed E-state index contributed by atoms with van der Waals surface area (Å²) < 4.78 is 12.6. The minimum atomic E-state index is -0.899. The highest BCUT2D eigenvalue weighted by Crippen LogP contribution is 2.06. The van der Waals surface area contributed by atoms with E-state index >= 15 is 0 Å². The number of hydrogen-bond acceptors (Lipinski definition) is 0. The minimum Gasteiger partial charge on any atom is -0.238 e. The number of rotatable bonds is 0. The van der Waals surface area contributed by atoms with Crippen molar-refractivity contribution in [2.24, 2.45) is 0 Å². The Labute approximate surface area is 60.7 Å². The van der Waals surface area contributed by atoms with Crippen LogP contribution >= 0.6 is 0 Å². The fraction of sp³-hybridized carbons (Fsp3) is 0.333. The molecule has 1 atom stereocenters. The molecule has 0 saturated carbocycles. The van der Waals surface area contributed by atoms with Crippen molar-refractivity contribution in [2.45, 2.75) is 19.5 Å². The standard InChI is InChI=1S/C9H11F/c1-8-4-2-3-5-9(10)7-6-8/h3-7,9H,2H2,1H3/b5-3?,7-6-,8-4-. The van der Waals surface area contributed by atoms with Crippen molar-refractivity contribution < 1.29 is 4.39 Å². The van der Waals surface area contributed by atoms with Gasteiger partial charge in [-0.25, -0.2) is 4.39 Å². The lowest BCUT2D eigenvalue weighted by atomic mass is 10.1. The molecular formula is C9H11F. The van der Waals surface area contributed by atoms with Crippen LogP contribution in [0, 0.1) is 0 Å². The predicted molar refractivity (Wildman–Crippen MR) is 41.6 cm³/mol. The molecule has 10 heavy (non-hydrogen) atoms. The molecule has 1 unspecified atom stereocenters. The van der Waals surface area contributed by atoms with Crippen LogP contribution in [0.3, 0.4) is 0 Å². The summed E-state index contributed by atoms with van der Waals surface area (Å²) in [7, 11) is 0. The monoisotopic (exact) mass is 138 g/mol. The molecule has 0 saturated heterocycles. The Morgan fingerprint density at radius 3 is 3.10 bits per heavy atom. The van der Waals surface area contributed by atoms with Crippen LogP contribution in [-0.2, 0) is 0 Å². The molecule has 0 spiro atoms. The van der Waals surface area contributed by atoms with Gasteiger partial charge < -0.3 is 0 Å². The second-order valence-corrected chi connectivity index (χ2v) is 2.42. The van der Waals surface area contributed by atoms with Gasteiger partial charge in [0, 0.05) is 0 Å². The first-order valence-corrected chi connectivity index (χ1v) is 3.45. The molecule has 0 aromatic rings. The first-order chi connectivity index (χ1) is 4.79. The second kappa shape index (κ2) is 3.35. The lowest BCUT2D eigenvalue weighted by Gasteiger charge is -1.98. The molecule has 0 amide bonds. The van der Waals surface area contributed by atoms with Crippen LogP contribution in [0.2, 0.25) is 0 Å². The highest BCUT2D eigenvalue weighted by molar-refractivity contribution is 5.22. The van der Waals surface area contributed by atoms with Gasteiger partial charge in [0.25, 0.3) is 0 Å². The van der Waals surface area contributed by atoms with Crippen molar-refractivity contribution >= 4 is 0 Å². The van der Waals surface area contributed by atoms with Gasteiger partial charge in [-0.15, -0.1) is 0 Å². The molecule has 0 fully saturated rings. The van der Waals surface area contributed by atoms with Crippen LogP contribution in [0.15, 0.2) is 36.0 Å². The fourth-order valence-corrected chi connectivity index (χ4v) is 0.838. The Morgan fingerprint density at radius 1 is 1.50 bits per heavy atom. The van der Waals surface area contributed by atoms with E-state index in [2.05, 4.69) is 6.08 Å². The Morgan fingerprint density at radius 2 is 2.30 bits per heavy atom. The van der Waals surface area contributed by atoms with Crippen LogP contribution in [0.25, 0.3) is 0 Å². The molecule has 1 aliphatic rings. The number of allylic oxidation sites excluding steroid dienone is 6. The van der Waals surface area contributed by atoms with E-state index in [0.29, 0.717) is 0 Å². The third-order valence-electron chi connectivity index (χ3n) is 1.44. The molecular weight excluding hydrogens is 127 g/mol. The molecule has 0 nitrogen and oxygen atoms in total. The van der Waals surface area contributed by atoms with Crippen molar-refractivity contribution in [3.8, 4) is 0 Å². The predicted octanol–water partition coefficient (Wildman–Crippen LogP) is 2.79. The molecule has 0 aliphatic heterocycles. The van der Waals surface area contributed by atoms with Crippen molar-refractivity contribution in [3.63, 3.8) is 0 Å². The largest absolute Gasteiger partial charge is 0.238 e. The average molecular weight is 138 g/mol. The van der Waals surface area contributed by atoms with E-state index in [1.807, 2.05) is 19.1 Å². The van der Waals surface area contributed by atoms with E-state index in [9.17, 15) is 4.39 Å². The lowest BCUT2D eigenvalue weighted by Crippen LogP contribution is -1.89. The summed E-state index contributed by atoms with van der Waals surface area (Å²) in [6, 6.07) is 0. The first kappa shape index (κ1) is 7.26. The van der Waals surface area contributed by atoms with E-state index in [0.717, 1.165) is 12.0 Å². The molecule has 1 aliphatic carbocycles. The zero-order chi connectivity index (χ0) is 7.40. The normalized spacial score (nSPS) is 33.8. The topological polar surface area (TPSA) is 0 Å². The first-order valence-electron chi connectivity index (χ1n) is 3.45. The van der Waals surface area contributed by atoms with Gasteiger partial charge in [-0.1, -0.05) is 29.9 Å². The summed E-state index contributed by atoms with van der Waals surface area (Å²) in [4.78, 5) is 0. The number of alkyl halides is 1. The van der Waals surface area contributed by atoms with Crippen molar-refractivity contribution in [2.75, 3.05) is 0 Å². The zero-order valence-corrected chi connectivity index (χ0v) is 6.05. The van der Waals surface area contributed by atoms with E-state index in [1.54, 1.807) is 12.2 Å². The van der Waals surface area contributed by atoms with Gasteiger partial charge in [0.05, 0.1) is 0 Å². The molecule has 0 heterocycles. The molecule has 1 rings (SSSR count). The van der Waals surface area contributed by atoms with Crippen LogP contribution < -0.4 is 0 Å². The Kier molecular flexibility index (Phi) is 2.43. The van der Waals surface area contributed by atoms with Crippen LogP contribution in [0.5, 0.6) is 0 Å². The van der Waals surface area contributed by atoms with Gasteiger partial charge in [0.1, 0.15) is 6.17 Å². The van der Waals surface area contributed by atoms with Gasteiger partial charge in [0.2, 0.25) is 0 Å². The molecule has 0 N–H and O–H groups in total. The van der Waals surface area contributed by atoms with Gasteiger partial charge >= 0.3 is 0 Å². The maximum absolute atomic E-state index is 12.6. The van der Waals surface area contributed by atoms with Gasteiger partial charge in [-0.2, -0.15) is 0 Å². The van der Waals surface area contributed by atoms with Gasteiger partial charge in [-0.3, -0.25) is 0 Å². The molecule has 0 radical (unpaired) electrons. The van der Waals surface area contributed by atoms with Crippen LogP contribution in [-0.4, -0.2) is 6.17 Å². The zero-order valence-electron chi connectivity index (χ0n) is 6.05. The second-order valence-electron chi connectivity index (χ2n) is 2.42. The third-order valence-corrected chi connectivity index (χ3v) is 1.44. The molecule has 1 heteroatoms. The maximum Gasteiger partial charge on any atom is 0.137 e. The summed E-state index contributed by atoms with van der Waals surface area (Å²) in [5, 5.41) is 0. The smallest absolute Gasteiger partial charge is 0.137 e. The maximum atomic E-state index is 12.6. The number of hydrogen-bond donors (Lipinski definition) is 0. The fourth-order valence-electron chi connectivity index (χ4n) is 0.838. The minimum absolute atomic E-state index is 0.844. The highest BCUT2D eigenvalue weighted by Gasteiger charge is 1.95. The van der Waals surface area contributed by atoms with E-state index in [-0.39, 0.29) is 0 Å². The lowest BCUT2D eigenvalue weighted by molar-refractivity contribution is 0.468. The van der Waals surface area contributed by atoms with Gasteiger partial charge in [-0.05, 0) is 19.4 Å². The quantitative estimate of drug-likeness (QED) is 0.451. The van der Waals surface area contributed by atoms with E-state index in [4.69, 9.17) is 0 Å². The molecule has 54 valence electrons. The Hall–Kier alpha value is -0.850. The summed E-state index contributed by atoms with van der Waals surface area (Å²) in [5.41, 5.74) is 1.13. The third kappa shape index (κ3) is 2.18. The summed E-state index contributed by atoms with van der Waals surface area (Å²) in [5.74, 6) is 0. The van der Waals surface area contributed by atoms with Crippen molar-refractivity contribution in [3.05, 3.63) is 36.0 Å². The van der Waals surface area contributed by atoms with Crippen molar-refractivity contribution in [1.82, 2.24) is 0 Å². The van der Waals surface area contributed by atoms with Crippen LogP contribution in [0.4, 0.5) is 4.39 Å². The van der Waals surface area contributed by atoms with Crippen LogP contribution in [0.1, 0.15) is 13.3 Å². The van der Waals surface area contributed by atoms with E-state index in [1.165, 1.54) is 0 Å². The van der Waals surface area contributed by atoms with Crippen molar-refractivity contribution in [1.29, 1.82) is 0 Å². The summed E-state index contributed by atoms with van der Waals surface area (Å²) in [6.07, 6.45) is 8.80. The molecule has 0 bridgehead atoms. The summed E-state index contributed by atoms with van der Waals surface area (Å²) in [6.45, 7) is 1.97. The highest BCUT2D eigenvalue weighted by atomic mass is 19.1. The van der Waals surface area contributed by atoms with Gasteiger partial charge in [0.15, 0.2) is 0 Å². The molecule has 0 aromatic heterocycles. The number of halogens is 1. The Bertz CT molecular complexity index is 187. The summed E-state index contributed by atoms with van der Waals surface area (Å²) >= 11 is 0. The Balaban J connectivity index is 2.71. The SMILES string of the molecule is CC1=C/CC=CC(F)/C=C\1. The average Bonchev–Trinajstić information content (AvgIpc) is 1.90. The van der Waals surface area contributed by atoms with E-state index < -0.39 is 6.17 Å². The molecule has 0 aromatic carbocycles.